The molecular formula is C42H78O16P2. The number of aliphatic hydroxyl groups excluding tert-OH is 3. The first kappa shape index (κ1) is 56.5. The summed E-state index contributed by atoms with van der Waals surface area (Å²) >= 11 is 0. The summed E-state index contributed by atoms with van der Waals surface area (Å²) in [4.78, 5) is 65.4. The molecule has 7 atom stereocenters. The number of hydrogen-bond donors (Lipinski definition) is 6. The summed E-state index contributed by atoms with van der Waals surface area (Å²) in [6.07, 6.45) is 18.4. The number of Topliss-reactive ketones (excluding diaryl/α,β-unsaturated/α-hetero) is 1. The number of ketones is 1. The number of ether oxygens (including phenoxy) is 2. The second-order valence-electron chi connectivity index (χ2n) is 16.6. The third-order valence-electron chi connectivity index (χ3n) is 10.5. The lowest BCUT2D eigenvalue weighted by Gasteiger charge is -2.20. The zero-order chi connectivity index (χ0) is 44.8. The van der Waals surface area contributed by atoms with Crippen LogP contribution < -0.4 is 0 Å². The summed E-state index contributed by atoms with van der Waals surface area (Å²) in [6.45, 7) is 3.68. The molecule has 0 bridgehead atoms. The summed E-state index contributed by atoms with van der Waals surface area (Å²) in [5.41, 5.74) is 0. The fourth-order valence-corrected chi connectivity index (χ4v) is 8.18. The molecule has 0 radical (unpaired) electrons. The van der Waals surface area contributed by atoms with Gasteiger partial charge in [-0.2, -0.15) is 0 Å². The van der Waals surface area contributed by atoms with Gasteiger partial charge in [-0.05, 0) is 37.5 Å². The van der Waals surface area contributed by atoms with Crippen LogP contribution in [0.2, 0.25) is 0 Å². The van der Waals surface area contributed by atoms with E-state index in [1.807, 2.05) is 0 Å². The van der Waals surface area contributed by atoms with Gasteiger partial charge in [0, 0.05) is 25.2 Å². The fraction of sp³-hybridized carbons (Fsp3) is 0.881. The second-order valence-corrected chi connectivity index (χ2v) is 19.3. The molecule has 6 N–H and O–H groups in total. The Morgan fingerprint density at radius 2 is 1.25 bits per heavy atom. The first-order valence-corrected chi connectivity index (χ1v) is 25.4. The Hall–Kier alpha value is -1.55. The third-order valence-corrected chi connectivity index (χ3v) is 11.9. The van der Waals surface area contributed by atoms with Crippen LogP contribution in [0.3, 0.4) is 0 Å². The topological polar surface area (TPSA) is 253 Å². The Labute approximate surface area is 358 Å². The minimum absolute atomic E-state index is 0.0277. The van der Waals surface area contributed by atoms with Crippen molar-refractivity contribution in [2.45, 2.75) is 193 Å². The summed E-state index contributed by atoms with van der Waals surface area (Å²) in [6, 6.07) is 0. The molecule has 0 heterocycles. The van der Waals surface area contributed by atoms with E-state index < -0.39 is 84.3 Å². The SMILES string of the molecule is CCCCC[C@H](O)/C=C/[C@H]1C(=O)C[C@H](O)[C@@H]1CCCCCCC(=O)OC[C@H](COP(=O)(O)OC[C@@H](O)COP(=O)(O)O)OC(=O)CCCCCCCCCCCCC(C)C. The molecule has 16 nitrogen and oxygen atoms in total. The van der Waals surface area contributed by atoms with Gasteiger partial charge in [-0.3, -0.25) is 28.0 Å². The first-order chi connectivity index (χ1) is 28.4. The molecule has 0 aliphatic heterocycles. The summed E-state index contributed by atoms with van der Waals surface area (Å²) < 4.78 is 47.8. The largest absolute Gasteiger partial charge is 0.472 e. The van der Waals surface area contributed by atoms with Gasteiger partial charge in [0.15, 0.2) is 6.10 Å². The number of carbonyl (C=O) groups excluding carboxylic acids is 3. The molecule has 0 aromatic rings. The van der Waals surface area contributed by atoms with E-state index >= 15 is 0 Å². The lowest BCUT2D eigenvalue weighted by molar-refractivity contribution is -0.161. The summed E-state index contributed by atoms with van der Waals surface area (Å²) in [7, 11) is -9.75. The first-order valence-electron chi connectivity index (χ1n) is 22.3. The van der Waals surface area contributed by atoms with E-state index in [9.17, 15) is 43.7 Å². The molecule has 0 aromatic heterocycles. The molecule has 0 amide bonds. The van der Waals surface area contributed by atoms with Gasteiger partial charge >= 0.3 is 27.6 Å². The lowest BCUT2D eigenvalue weighted by Crippen LogP contribution is -2.30. The van der Waals surface area contributed by atoms with Gasteiger partial charge in [-0.25, -0.2) is 9.13 Å². The molecule has 1 saturated carbocycles. The van der Waals surface area contributed by atoms with E-state index in [-0.39, 0.29) is 31.0 Å². The monoisotopic (exact) mass is 900 g/mol. The highest BCUT2D eigenvalue weighted by atomic mass is 31.2. The van der Waals surface area contributed by atoms with E-state index in [4.69, 9.17) is 23.8 Å². The van der Waals surface area contributed by atoms with Crippen LogP contribution >= 0.6 is 15.6 Å². The Morgan fingerprint density at radius 1 is 0.717 bits per heavy atom. The van der Waals surface area contributed by atoms with Crippen LogP contribution in [0.5, 0.6) is 0 Å². The summed E-state index contributed by atoms with van der Waals surface area (Å²) in [5.74, 6) is -1.11. The number of phosphoric acid groups is 2. The van der Waals surface area contributed by atoms with Crippen molar-refractivity contribution in [3.63, 3.8) is 0 Å². The van der Waals surface area contributed by atoms with Crippen LogP contribution in [0.1, 0.15) is 168 Å². The molecule has 352 valence electrons. The van der Waals surface area contributed by atoms with Gasteiger partial charge in [-0.1, -0.05) is 136 Å². The van der Waals surface area contributed by atoms with E-state index in [0.29, 0.717) is 32.1 Å². The number of rotatable bonds is 38. The van der Waals surface area contributed by atoms with Crippen LogP contribution in [0.25, 0.3) is 0 Å². The molecule has 1 fully saturated rings. The second kappa shape index (κ2) is 33.0. The highest BCUT2D eigenvalue weighted by Crippen LogP contribution is 2.44. The zero-order valence-corrected chi connectivity index (χ0v) is 38.2. The molecule has 60 heavy (non-hydrogen) atoms. The van der Waals surface area contributed by atoms with Crippen molar-refractivity contribution in [2.24, 2.45) is 17.8 Å². The van der Waals surface area contributed by atoms with Crippen LogP contribution in [-0.4, -0.2) is 98.6 Å². The molecule has 18 heteroatoms. The Kier molecular flexibility index (Phi) is 31.1. The van der Waals surface area contributed by atoms with Crippen molar-refractivity contribution in [3.05, 3.63) is 12.2 Å². The van der Waals surface area contributed by atoms with E-state index in [2.05, 4.69) is 29.8 Å². The maximum Gasteiger partial charge on any atom is 0.472 e. The average molecular weight is 901 g/mol. The van der Waals surface area contributed by atoms with Crippen molar-refractivity contribution in [1.29, 1.82) is 0 Å². The van der Waals surface area contributed by atoms with Gasteiger partial charge < -0.3 is 39.5 Å². The third kappa shape index (κ3) is 30.5. The van der Waals surface area contributed by atoms with Gasteiger partial charge in [-0.15, -0.1) is 0 Å². The van der Waals surface area contributed by atoms with Gasteiger partial charge in [0.1, 0.15) is 18.5 Å². The number of carbonyl (C=O) groups is 3. The van der Waals surface area contributed by atoms with Crippen molar-refractivity contribution < 1.29 is 76.6 Å². The van der Waals surface area contributed by atoms with Crippen LogP contribution in [-0.2, 0) is 46.6 Å². The van der Waals surface area contributed by atoms with Crippen molar-refractivity contribution in [1.82, 2.24) is 0 Å². The molecule has 0 aromatic carbocycles. The number of phosphoric ester groups is 2. The molecule has 1 unspecified atom stereocenters. The van der Waals surface area contributed by atoms with E-state index in [1.54, 1.807) is 12.2 Å². The van der Waals surface area contributed by atoms with Crippen LogP contribution in [0.15, 0.2) is 12.2 Å². The molecule has 1 aliphatic carbocycles. The molecule has 1 aliphatic rings. The van der Waals surface area contributed by atoms with Crippen molar-refractivity contribution >= 4 is 33.4 Å². The van der Waals surface area contributed by atoms with E-state index in [1.165, 1.54) is 38.5 Å². The molecule has 0 spiro atoms. The van der Waals surface area contributed by atoms with Gasteiger partial charge in [0.05, 0.1) is 32.0 Å². The minimum atomic E-state index is -4.89. The maximum atomic E-state index is 12.7. The minimum Gasteiger partial charge on any atom is -0.462 e. The average Bonchev–Trinajstić information content (AvgIpc) is 3.45. The van der Waals surface area contributed by atoms with Gasteiger partial charge in [0.2, 0.25) is 0 Å². The van der Waals surface area contributed by atoms with Crippen LogP contribution in [0.4, 0.5) is 0 Å². The number of unbranched alkanes of at least 4 members (excludes halogenated alkanes) is 14. The number of hydrogen-bond acceptors (Lipinski definition) is 13. The molecule has 0 saturated heterocycles. The lowest BCUT2D eigenvalue weighted by atomic mass is 9.88. The predicted octanol–water partition coefficient (Wildman–Crippen LogP) is 7.79. The number of aliphatic hydroxyl groups is 3. The standard InChI is InChI=1S/C42H78O16P2/c1-4-5-16-22-34(43)26-27-38-37(39(45)28-40(38)46)23-18-14-15-19-24-41(47)54-31-36(32-57-60(52,53)56-30-35(44)29-55-59(49,50)51)58-42(48)25-20-13-11-9-7-6-8-10-12-17-21-33(2)3/h26-27,33-39,43-45H,4-25,28-32H2,1-3H3,(H,52,53)(H2,49,50,51)/b27-26+/t34-,35-,36+,37+,38+,39-/m0/s1. The fourth-order valence-electron chi connectivity index (χ4n) is 7.03. The molecular weight excluding hydrogens is 822 g/mol. The van der Waals surface area contributed by atoms with E-state index in [0.717, 1.165) is 63.7 Å². The Bertz CT molecular complexity index is 1290. The Morgan fingerprint density at radius 3 is 1.85 bits per heavy atom. The smallest absolute Gasteiger partial charge is 0.462 e. The van der Waals surface area contributed by atoms with Crippen molar-refractivity contribution in [2.75, 3.05) is 26.4 Å². The van der Waals surface area contributed by atoms with Crippen LogP contribution in [0, 0.1) is 17.8 Å². The highest BCUT2D eigenvalue weighted by Gasteiger charge is 2.39. The van der Waals surface area contributed by atoms with Crippen molar-refractivity contribution in [3.8, 4) is 0 Å². The Balaban J connectivity index is 2.53. The number of esters is 2. The quantitative estimate of drug-likeness (QED) is 0.0150. The molecule has 1 rings (SSSR count). The zero-order valence-electron chi connectivity index (χ0n) is 36.4. The normalized spacial score (nSPS) is 19.8. The predicted molar refractivity (Wildman–Crippen MR) is 226 cm³/mol. The number of allylic oxidation sites excluding steroid dienone is 1. The van der Waals surface area contributed by atoms with Gasteiger partial charge in [0.25, 0.3) is 0 Å². The highest BCUT2D eigenvalue weighted by molar-refractivity contribution is 7.47. The maximum absolute atomic E-state index is 12.7. The summed E-state index contributed by atoms with van der Waals surface area (Å²) in [5, 5.41) is 30.5.